The van der Waals surface area contributed by atoms with Crippen molar-refractivity contribution in [3.8, 4) is 11.5 Å². The molecule has 144 valence electrons. The van der Waals surface area contributed by atoms with E-state index < -0.39 is 12.0 Å². The van der Waals surface area contributed by atoms with E-state index >= 15 is 0 Å². The normalized spacial score (nSPS) is 11.7. The van der Waals surface area contributed by atoms with Crippen LogP contribution in [0.1, 0.15) is 30.5 Å². The van der Waals surface area contributed by atoms with Gasteiger partial charge < -0.3 is 14.8 Å². The van der Waals surface area contributed by atoms with E-state index in [4.69, 9.17) is 9.47 Å². The van der Waals surface area contributed by atoms with E-state index in [9.17, 15) is 9.59 Å². The van der Waals surface area contributed by atoms with Gasteiger partial charge in [-0.2, -0.15) is 0 Å². The minimum Gasteiger partial charge on any atom is -0.497 e. The van der Waals surface area contributed by atoms with Crippen molar-refractivity contribution in [2.75, 3.05) is 7.11 Å². The van der Waals surface area contributed by atoms with Crippen LogP contribution in [0.25, 0.3) is 10.8 Å². The Morgan fingerprint density at radius 3 is 2.21 bits per heavy atom. The second-order valence-corrected chi connectivity index (χ2v) is 6.72. The second-order valence-electron chi connectivity index (χ2n) is 6.72. The Labute approximate surface area is 164 Å². The number of ether oxygens (including phenoxy) is 2. The van der Waals surface area contributed by atoms with Gasteiger partial charge in [-0.25, -0.2) is 0 Å². The summed E-state index contributed by atoms with van der Waals surface area (Å²) in [6.45, 7) is 3.42. The third-order valence-corrected chi connectivity index (χ3v) is 4.48. The molecule has 0 fully saturated rings. The van der Waals surface area contributed by atoms with Crippen LogP contribution in [-0.2, 0) is 9.59 Å². The molecule has 1 N–H and O–H groups in total. The highest BCUT2D eigenvalue weighted by Gasteiger charge is 2.18. The zero-order valence-corrected chi connectivity index (χ0v) is 16.2. The highest BCUT2D eigenvalue weighted by atomic mass is 16.5. The number of carbonyl (C=O) groups is 2. The zero-order chi connectivity index (χ0) is 20.1. The number of aryl methyl sites for hydroxylation is 1. The highest BCUT2D eigenvalue weighted by molar-refractivity contribution is 5.86. The molecule has 5 nitrogen and oxygen atoms in total. The maximum absolute atomic E-state index is 12.5. The predicted octanol–water partition coefficient (Wildman–Crippen LogP) is 4.33. The van der Waals surface area contributed by atoms with Gasteiger partial charge in [-0.3, -0.25) is 9.59 Å². The van der Waals surface area contributed by atoms with Crippen molar-refractivity contribution < 1.29 is 19.1 Å². The maximum atomic E-state index is 12.5. The standard InChI is InChI=1S/C23H23NO4/c1-15-4-6-18(7-5-15)22(24-16(2)25)14-23(26)28-21-11-9-17-8-10-20(27-3)12-19(17)13-21/h4-13,22H,14H2,1-3H3,(H,24,25). The maximum Gasteiger partial charge on any atom is 0.313 e. The van der Waals surface area contributed by atoms with Crippen molar-refractivity contribution in [1.29, 1.82) is 0 Å². The summed E-state index contributed by atoms with van der Waals surface area (Å²) in [5, 5.41) is 4.76. The summed E-state index contributed by atoms with van der Waals surface area (Å²) >= 11 is 0. The van der Waals surface area contributed by atoms with Crippen molar-refractivity contribution in [3.05, 3.63) is 71.8 Å². The average molecular weight is 377 g/mol. The molecular weight excluding hydrogens is 354 g/mol. The molecular formula is C23H23NO4. The summed E-state index contributed by atoms with van der Waals surface area (Å²) in [6.07, 6.45) is 0.0405. The van der Waals surface area contributed by atoms with Gasteiger partial charge in [0.2, 0.25) is 5.91 Å². The number of rotatable bonds is 6. The first kappa shape index (κ1) is 19.4. The third kappa shape index (κ3) is 4.88. The van der Waals surface area contributed by atoms with Gasteiger partial charge in [-0.05, 0) is 47.5 Å². The molecule has 0 spiro atoms. The number of benzene rings is 3. The van der Waals surface area contributed by atoms with Crippen LogP contribution < -0.4 is 14.8 Å². The Morgan fingerprint density at radius 1 is 0.929 bits per heavy atom. The van der Waals surface area contributed by atoms with Gasteiger partial charge in [0, 0.05) is 6.92 Å². The van der Waals surface area contributed by atoms with Crippen LogP contribution in [-0.4, -0.2) is 19.0 Å². The fraction of sp³-hybridized carbons (Fsp3) is 0.217. The lowest BCUT2D eigenvalue weighted by molar-refractivity contribution is -0.135. The zero-order valence-electron chi connectivity index (χ0n) is 16.2. The lowest BCUT2D eigenvalue weighted by Gasteiger charge is -2.18. The van der Waals surface area contributed by atoms with Crippen molar-refractivity contribution in [2.24, 2.45) is 0 Å². The second kappa shape index (κ2) is 8.57. The fourth-order valence-corrected chi connectivity index (χ4v) is 3.03. The SMILES string of the molecule is COc1ccc2ccc(OC(=O)CC(NC(C)=O)c3ccc(C)cc3)cc2c1. The molecule has 1 amide bonds. The first-order valence-corrected chi connectivity index (χ1v) is 9.07. The van der Waals surface area contributed by atoms with Gasteiger partial charge in [0.15, 0.2) is 0 Å². The number of nitrogens with one attached hydrogen (secondary N) is 1. The van der Waals surface area contributed by atoms with Crippen LogP contribution in [0.3, 0.4) is 0 Å². The van der Waals surface area contributed by atoms with Gasteiger partial charge in [0.1, 0.15) is 11.5 Å². The van der Waals surface area contributed by atoms with E-state index in [2.05, 4.69) is 5.32 Å². The Morgan fingerprint density at radius 2 is 1.57 bits per heavy atom. The van der Waals surface area contributed by atoms with Crippen molar-refractivity contribution in [1.82, 2.24) is 5.32 Å². The first-order valence-electron chi connectivity index (χ1n) is 9.07. The quantitative estimate of drug-likeness (QED) is 0.513. The Bertz CT molecular complexity index is 995. The number of amides is 1. The number of fused-ring (bicyclic) bond motifs is 1. The Hall–Kier alpha value is -3.34. The minimum absolute atomic E-state index is 0.0405. The fourth-order valence-electron chi connectivity index (χ4n) is 3.03. The van der Waals surface area contributed by atoms with Crippen LogP contribution in [0, 0.1) is 6.92 Å². The largest absolute Gasteiger partial charge is 0.497 e. The van der Waals surface area contributed by atoms with Crippen LogP contribution in [0.15, 0.2) is 60.7 Å². The number of carbonyl (C=O) groups excluding carboxylic acids is 2. The molecule has 0 aromatic heterocycles. The monoisotopic (exact) mass is 377 g/mol. The summed E-state index contributed by atoms with van der Waals surface area (Å²) in [5.74, 6) is 0.579. The number of hydrogen-bond acceptors (Lipinski definition) is 4. The molecule has 3 rings (SSSR count). The van der Waals surface area contributed by atoms with Crippen molar-refractivity contribution >= 4 is 22.6 Å². The molecule has 0 aliphatic rings. The summed E-state index contributed by atoms with van der Waals surface area (Å²) in [6, 6.07) is 18.4. The van der Waals surface area contributed by atoms with Gasteiger partial charge in [0.05, 0.1) is 19.6 Å². The predicted molar refractivity (Wildman–Crippen MR) is 108 cm³/mol. The molecule has 0 aliphatic heterocycles. The molecule has 0 saturated heterocycles. The third-order valence-electron chi connectivity index (χ3n) is 4.48. The summed E-state index contributed by atoms with van der Waals surface area (Å²) in [7, 11) is 1.61. The summed E-state index contributed by atoms with van der Waals surface area (Å²) < 4.78 is 10.8. The topological polar surface area (TPSA) is 64.6 Å². The minimum atomic E-state index is -0.439. The smallest absolute Gasteiger partial charge is 0.313 e. The van der Waals surface area contributed by atoms with Gasteiger partial charge in [-0.1, -0.05) is 42.0 Å². The number of hydrogen-bond donors (Lipinski definition) is 1. The van der Waals surface area contributed by atoms with Crippen molar-refractivity contribution in [3.63, 3.8) is 0 Å². The van der Waals surface area contributed by atoms with E-state index in [-0.39, 0.29) is 12.3 Å². The molecule has 5 heteroatoms. The molecule has 1 atom stereocenters. The molecule has 1 unspecified atom stereocenters. The molecule has 0 radical (unpaired) electrons. The molecule has 3 aromatic rings. The molecule has 0 bridgehead atoms. The Balaban J connectivity index is 1.75. The molecule has 0 aliphatic carbocycles. The summed E-state index contributed by atoms with van der Waals surface area (Å²) in [4.78, 5) is 24.1. The van der Waals surface area contributed by atoms with Crippen LogP contribution in [0.2, 0.25) is 0 Å². The Kier molecular flexibility index (Phi) is 5.94. The van der Waals surface area contributed by atoms with Crippen LogP contribution in [0.5, 0.6) is 11.5 Å². The molecule has 3 aromatic carbocycles. The summed E-state index contributed by atoms with van der Waals surface area (Å²) in [5.41, 5.74) is 1.97. The van der Waals surface area contributed by atoms with Gasteiger partial charge >= 0.3 is 5.97 Å². The molecule has 0 saturated carbocycles. The molecule has 0 heterocycles. The van der Waals surface area contributed by atoms with Gasteiger partial charge in [-0.15, -0.1) is 0 Å². The van der Waals surface area contributed by atoms with Crippen LogP contribution >= 0.6 is 0 Å². The number of methoxy groups -OCH3 is 1. The lowest BCUT2D eigenvalue weighted by Crippen LogP contribution is -2.29. The van der Waals surface area contributed by atoms with Crippen molar-refractivity contribution in [2.45, 2.75) is 26.3 Å². The highest BCUT2D eigenvalue weighted by Crippen LogP contribution is 2.26. The van der Waals surface area contributed by atoms with Crippen LogP contribution in [0.4, 0.5) is 0 Å². The lowest BCUT2D eigenvalue weighted by atomic mass is 10.0. The molecule has 28 heavy (non-hydrogen) atoms. The van der Waals surface area contributed by atoms with E-state index in [1.807, 2.05) is 55.5 Å². The number of esters is 1. The first-order chi connectivity index (χ1) is 13.4. The van der Waals surface area contributed by atoms with E-state index in [0.29, 0.717) is 5.75 Å². The van der Waals surface area contributed by atoms with Gasteiger partial charge in [0.25, 0.3) is 0 Å². The van der Waals surface area contributed by atoms with E-state index in [0.717, 1.165) is 27.6 Å². The van der Waals surface area contributed by atoms with E-state index in [1.165, 1.54) is 6.92 Å². The van der Waals surface area contributed by atoms with E-state index in [1.54, 1.807) is 19.2 Å². The average Bonchev–Trinajstić information content (AvgIpc) is 2.67.